The van der Waals surface area contributed by atoms with Crippen LogP contribution in [0, 0.1) is 12.8 Å². The Labute approximate surface area is 233 Å². The summed E-state index contributed by atoms with van der Waals surface area (Å²) >= 11 is 0. The van der Waals surface area contributed by atoms with E-state index in [4.69, 9.17) is 13.9 Å². The average Bonchev–Trinajstić information content (AvgIpc) is 3.29. The minimum absolute atomic E-state index is 0.0320. The molecule has 1 amide bonds. The summed E-state index contributed by atoms with van der Waals surface area (Å²) in [6.45, 7) is 5.72. The van der Waals surface area contributed by atoms with E-state index in [9.17, 15) is 18.0 Å². The van der Waals surface area contributed by atoms with Crippen molar-refractivity contribution in [2.24, 2.45) is 5.92 Å². The Morgan fingerprint density at radius 2 is 1.55 bits per heavy atom. The smallest absolute Gasteiger partial charge is 0.324 e. The Kier molecular flexibility index (Phi) is 8.73. The number of carbonyl (C=O) groups is 2. The van der Waals surface area contributed by atoms with Gasteiger partial charge in [-0.15, -0.1) is 0 Å². The molecule has 0 radical (unpaired) electrons. The van der Waals surface area contributed by atoms with Gasteiger partial charge in [0.2, 0.25) is 10.0 Å². The molecule has 4 rings (SSSR count). The van der Waals surface area contributed by atoms with E-state index in [1.807, 2.05) is 37.3 Å². The van der Waals surface area contributed by atoms with Gasteiger partial charge in [-0.25, -0.2) is 8.42 Å². The lowest BCUT2D eigenvalue weighted by Crippen LogP contribution is -2.44. The highest BCUT2D eigenvalue weighted by Gasteiger charge is 2.29. The van der Waals surface area contributed by atoms with E-state index in [1.165, 1.54) is 19.2 Å². The normalized spacial score (nSPS) is 12.4. The number of anilines is 1. The molecule has 10 heteroatoms. The second-order valence-electron chi connectivity index (χ2n) is 9.70. The number of nitrogens with one attached hydrogen (secondary N) is 2. The van der Waals surface area contributed by atoms with Crippen molar-refractivity contribution in [3.8, 4) is 11.1 Å². The first-order valence-electron chi connectivity index (χ1n) is 12.7. The number of sulfonamides is 1. The van der Waals surface area contributed by atoms with Crippen LogP contribution < -0.4 is 10.0 Å². The molecule has 0 fully saturated rings. The maximum atomic E-state index is 13.0. The maximum absolute atomic E-state index is 13.0. The number of hydrogen-bond donors (Lipinski definition) is 2. The molecule has 1 aromatic heterocycles. The van der Waals surface area contributed by atoms with Gasteiger partial charge in [-0.05, 0) is 59.9 Å². The van der Waals surface area contributed by atoms with Crippen LogP contribution in [-0.2, 0) is 30.9 Å². The first-order valence-corrected chi connectivity index (χ1v) is 14.2. The summed E-state index contributed by atoms with van der Waals surface area (Å²) in [7, 11) is -1.10. The first kappa shape index (κ1) is 29.0. The fraction of sp³-hybridized carbons (Fsp3) is 0.267. The fourth-order valence-electron chi connectivity index (χ4n) is 4.46. The van der Waals surface area contributed by atoms with Gasteiger partial charge in [0.15, 0.2) is 5.76 Å². The topological polar surface area (TPSA) is 124 Å². The molecule has 0 spiro atoms. The minimum Gasteiger partial charge on any atom is -0.468 e. The molecule has 0 aliphatic rings. The Balaban J connectivity index is 1.48. The second kappa shape index (κ2) is 12.0. The number of furan rings is 1. The molecule has 9 nitrogen and oxygen atoms in total. The van der Waals surface area contributed by atoms with Gasteiger partial charge < -0.3 is 19.2 Å². The van der Waals surface area contributed by atoms with E-state index in [-0.39, 0.29) is 22.5 Å². The fourth-order valence-corrected chi connectivity index (χ4v) is 5.79. The van der Waals surface area contributed by atoms with Crippen LogP contribution in [0.4, 0.5) is 5.69 Å². The predicted octanol–water partition coefficient (Wildman–Crippen LogP) is 5.28. The van der Waals surface area contributed by atoms with Crippen LogP contribution in [0.5, 0.6) is 0 Å². The highest BCUT2D eigenvalue weighted by molar-refractivity contribution is 7.89. The lowest BCUT2D eigenvalue weighted by atomic mass is 10.1. The summed E-state index contributed by atoms with van der Waals surface area (Å²) in [6.07, 6.45) is 0. The lowest BCUT2D eigenvalue weighted by molar-refractivity contribution is -0.143. The largest absolute Gasteiger partial charge is 0.468 e. The van der Waals surface area contributed by atoms with E-state index in [2.05, 4.69) is 10.0 Å². The third-order valence-corrected chi connectivity index (χ3v) is 8.05. The first-order chi connectivity index (χ1) is 19.1. The summed E-state index contributed by atoms with van der Waals surface area (Å²) in [5, 5.41) is 3.74. The Hall–Kier alpha value is -3.99. The molecule has 1 atom stereocenters. The van der Waals surface area contributed by atoms with Gasteiger partial charge in [-0.1, -0.05) is 50.2 Å². The highest BCUT2D eigenvalue weighted by atomic mass is 32.2. The zero-order valence-corrected chi connectivity index (χ0v) is 23.8. The van der Waals surface area contributed by atoms with Gasteiger partial charge in [0.1, 0.15) is 11.6 Å². The number of aryl methyl sites for hydroxylation is 1. The van der Waals surface area contributed by atoms with Crippen LogP contribution in [0.3, 0.4) is 0 Å². The van der Waals surface area contributed by atoms with Crippen LogP contribution in [0.25, 0.3) is 22.1 Å². The number of methoxy groups -OCH3 is 2. The molecule has 1 heterocycles. The molecule has 0 bridgehead atoms. The molecule has 0 aliphatic carbocycles. The van der Waals surface area contributed by atoms with Crippen molar-refractivity contribution in [3.63, 3.8) is 0 Å². The molecule has 2 N–H and O–H groups in total. The summed E-state index contributed by atoms with van der Waals surface area (Å²) in [5.74, 6) is -1.06. The molecule has 0 saturated heterocycles. The van der Waals surface area contributed by atoms with Gasteiger partial charge in [0.05, 0.1) is 18.6 Å². The Bertz CT molecular complexity index is 1620. The van der Waals surface area contributed by atoms with Crippen LogP contribution in [0.1, 0.15) is 35.5 Å². The quantitative estimate of drug-likeness (QED) is 0.251. The molecule has 3 aromatic carbocycles. The van der Waals surface area contributed by atoms with Crippen molar-refractivity contribution >= 4 is 38.6 Å². The lowest BCUT2D eigenvalue weighted by Gasteiger charge is -2.19. The van der Waals surface area contributed by atoms with Gasteiger partial charge in [-0.2, -0.15) is 4.72 Å². The standard InChI is InChI=1S/C30H32N2O7S/c1-18(2)27(30(34)38-5)32-40(35,36)24-15-11-21(12-16-24)20-9-13-23(14-10-20)31-29(33)28-19(3)26-22(17-37-4)7-6-8-25(26)39-28/h6-16,18,27,32H,17H2,1-5H3,(H,31,33)/t27-/m0/s1. The SMILES string of the molecule is COCc1cccc2oc(C(=O)Nc3ccc(-c4ccc(S(=O)(=O)N[C@H](C(=O)OC)C(C)C)cc4)cc3)c(C)c12. The number of fused-ring (bicyclic) bond motifs is 1. The van der Waals surface area contributed by atoms with Crippen molar-refractivity contribution in [2.45, 2.75) is 38.3 Å². The molecule has 0 saturated carbocycles. The van der Waals surface area contributed by atoms with Gasteiger partial charge in [-0.3, -0.25) is 9.59 Å². The number of carbonyl (C=O) groups excluding carboxylic acids is 2. The Morgan fingerprint density at radius 3 is 2.12 bits per heavy atom. The number of ether oxygens (including phenoxy) is 2. The van der Waals surface area contributed by atoms with Crippen LogP contribution in [-0.4, -0.2) is 40.6 Å². The van der Waals surface area contributed by atoms with Gasteiger partial charge in [0.25, 0.3) is 5.91 Å². The molecular weight excluding hydrogens is 532 g/mol. The Morgan fingerprint density at radius 1 is 0.925 bits per heavy atom. The molecular formula is C30H32N2O7S. The zero-order chi connectivity index (χ0) is 29.0. The van der Waals surface area contributed by atoms with E-state index < -0.39 is 22.0 Å². The summed E-state index contributed by atoms with van der Waals surface area (Å²) in [6, 6.07) is 18.1. The third kappa shape index (κ3) is 6.09. The van der Waals surface area contributed by atoms with Crippen LogP contribution in [0.15, 0.2) is 76.0 Å². The van der Waals surface area contributed by atoms with E-state index >= 15 is 0 Å². The van der Waals surface area contributed by atoms with E-state index in [0.29, 0.717) is 17.9 Å². The summed E-state index contributed by atoms with van der Waals surface area (Å²) in [4.78, 5) is 25.0. The van der Waals surface area contributed by atoms with Crippen molar-refractivity contribution in [1.82, 2.24) is 4.72 Å². The second-order valence-corrected chi connectivity index (χ2v) is 11.4. The van der Waals surface area contributed by atoms with E-state index in [0.717, 1.165) is 27.6 Å². The highest BCUT2D eigenvalue weighted by Crippen LogP contribution is 2.30. The minimum atomic E-state index is -3.94. The predicted molar refractivity (Wildman–Crippen MR) is 152 cm³/mol. The average molecular weight is 565 g/mol. The van der Waals surface area contributed by atoms with Crippen LogP contribution in [0.2, 0.25) is 0 Å². The number of esters is 1. The third-order valence-electron chi connectivity index (χ3n) is 6.59. The molecule has 0 aliphatic heterocycles. The van der Waals surface area contributed by atoms with Crippen LogP contribution >= 0.6 is 0 Å². The van der Waals surface area contributed by atoms with Gasteiger partial charge >= 0.3 is 5.97 Å². The summed E-state index contributed by atoms with van der Waals surface area (Å²) in [5.41, 5.74) is 4.50. The molecule has 210 valence electrons. The summed E-state index contributed by atoms with van der Waals surface area (Å²) < 4.78 is 44.0. The number of rotatable bonds is 10. The molecule has 40 heavy (non-hydrogen) atoms. The van der Waals surface area contributed by atoms with Gasteiger partial charge in [0, 0.05) is 23.7 Å². The van der Waals surface area contributed by atoms with Crippen molar-refractivity contribution < 1.29 is 31.9 Å². The van der Waals surface area contributed by atoms with Crippen molar-refractivity contribution in [3.05, 3.63) is 83.6 Å². The molecule has 4 aromatic rings. The zero-order valence-electron chi connectivity index (χ0n) is 23.0. The van der Waals surface area contributed by atoms with Crippen molar-refractivity contribution in [2.75, 3.05) is 19.5 Å². The number of hydrogen-bond acceptors (Lipinski definition) is 7. The molecule has 0 unspecified atom stereocenters. The monoisotopic (exact) mass is 564 g/mol. The number of benzene rings is 3. The maximum Gasteiger partial charge on any atom is 0.324 e. The van der Waals surface area contributed by atoms with E-state index in [1.54, 1.807) is 45.2 Å². The van der Waals surface area contributed by atoms with Crippen molar-refractivity contribution in [1.29, 1.82) is 0 Å². The number of amides is 1.